The van der Waals surface area contributed by atoms with E-state index < -0.39 is 0 Å². The largest absolute Gasteiger partial charge is 0.348 e. The van der Waals surface area contributed by atoms with Gasteiger partial charge >= 0.3 is 0 Å². The third kappa shape index (κ3) is 3.78. The van der Waals surface area contributed by atoms with E-state index in [0.29, 0.717) is 0 Å². The van der Waals surface area contributed by atoms with Crippen LogP contribution in [0.15, 0.2) is 54.0 Å². The molecule has 0 spiro atoms. The molecule has 0 bridgehead atoms. The van der Waals surface area contributed by atoms with Gasteiger partial charge in [0.15, 0.2) is 0 Å². The van der Waals surface area contributed by atoms with Gasteiger partial charge in [-0.05, 0) is 35.7 Å². The molecule has 2 amide bonds. The summed E-state index contributed by atoms with van der Waals surface area (Å²) in [5.74, 6) is -0.311. The van der Waals surface area contributed by atoms with E-state index in [-0.39, 0.29) is 24.3 Å². The summed E-state index contributed by atoms with van der Waals surface area (Å²) in [6, 6.07) is 12.9. The van der Waals surface area contributed by atoms with Gasteiger partial charge in [-0.1, -0.05) is 12.1 Å². The minimum atomic E-state index is -0.324. The fourth-order valence-corrected chi connectivity index (χ4v) is 3.33. The maximum Gasteiger partial charge on any atom is 0.226 e. The topological polar surface area (TPSA) is 71.1 Å². The van der Waals surface area contributed by atoms with Crippen LogP contribution in [0.25, 0.3) is 10.9 Å². The number of fused-ring (bicyclic) bond motifs is 1. The molecule has 3 aromatic rings. The van der Waals surface area contributed by atoms with Gasteiger partial charge in [0.2, 0.25) is 11.8 Å². The van der Waals surface area contributed by atoms with Crippen molar-refractivity contribution < 1.29 is 9.59 Å². The maximum absolute atomic E-state index is 12.5. The number of benzene rings is 1. The molecular formula is C18H17N3O2S. The summed E-state index contributed by atoms with van der Waals surface area (Å²) in [6.45, 7) is 1.45. The van der Waals surface area contributed by atoms with Gasteiger partial charge in [0.05, 0.1) is 23.7 Å². The maximum atomic E-state index is 12.5. The predicted molar refractivity (Wildman–Crippen MR) is 95.9 cm³/mol. The van der Waals surface area contributed by atoms with Gasteiger partial charge in [0.1, 0.15) is 0 Å². The Labute approximate surface area is 143 Å². The fraction of sp³-hybridized carbons (Fsp3) is 0.167. The predicted octanol–water partition coefficient (Wildman–Crippen LogP) is 3.50. The molecule has 1 aromatic carbocycles. The van der Waals surface area contributed by atoms with Crippen LogP contribution in [0.3, 0.4) is 0 Å². The summed E-state index contributed by atoms with van der Waals surface area (Å²) in [5.41, 5.74) is 1.55. The van der Waals surface area contributed by atoms with E-state index in [9.17, 15) is 9.59 Å². The molecule has 0 aliphatic heterocycles. The first-order chi connectivity index (χ1) is 11.6. The minimum Gasteiger partial charge on any atom is -0.348 e. The van der Waals surface area contributed by atoms with Gasteiger partial charge in [-0.2, -0.15) is 0 Å². The van der Waals surface area contributed by atoms with Crippen molar-refractivity contribution in [3.8, 4) is 0 Å². The van der Waals surface area contributed by atoms with E-state index >= 15 is 0 Å². The average molecular weight is 339 g/mol. The molecule has 6 heteroatoms. The average Bonchev–Trinajstić information content (AvgIpc) is 3.08. The fourth-order valence-electron chi connectivity index (χ4n) is 2.56. The van der Waals surface area contributed by atoms with Crippen molar-refractivity contribution in [2.24, 2.45) is 0 Å². The van der Waals surface area contributed by atoms with Crippen LogP contribution in [0.2, 0.25) is 0 Å². The van der Waals surface area contributed by atoms with Crippen molar-refractivity contribution in [2.75, 3.05) is 5.32 Å². The standard InChI is InChI=1S/C18H17N3O2S/c1-12(22)20-16(17-8-4-10-24-17)11-18(23)21-15-7-2-6-14-13(15)5-3-9-19-14/h2-10,16H,11H2,1H3,(H,20,22)(H,21,23). The molecular weight excluding hydrogens is 322 g/mol. The van der Waals surface area contributed by atoms with Gasteiger partial charge in [-0.3, -0.25) is 14.6 Å². The van der Waals surface area contributed by atoms with Crippen LogP contribution in [-0.4, -0.2) is 16.8 Å². The van der Waals surface area contributed by atoms with E-state index in [1.807, 2.05) is 47.8 Å². The third-order valence-electron chi connectivity index (χ3n) is 3.57. The highest BCUT2D eigenvalue weighted by molar-refractivity contribution is 7.10. The lowest BCUT2D eigenvalue weighted by molar-refractivity contribution is -0.120. The molecule has 2 heterocycles. The van der Waals surface area contributed by atoms with Crippen molar-refractivity contribution in [1.29, 1.82) is 0 Å². The van der Waals surface area contributed by atoms with Gasteiger partial charge < -0.3 is 10.6 Å². The second-order valence-corrected chi connectivity index (χ2v) is 6.38. The summed E-state index contributed by atoms with van der Waals surface area (Å²) in [4.78, 5) is 29.1. The molecule has 0 aliphatic carbocycles. The van der Waals surface area contributed by atoms with Gasteiger partial charge in [-0.25, -0.2) is 0 Å². The van der Waals surface area contributed by atoms with Crippen LogP contribution >= 0.6 is 11.3 Å². The van der Waals surface area contributed by atoms with Crippen LogP contribution in [0.4, 0.5) is 5.69 Å². The lowest BCUT2D eigenvalue weighted by Crippen LogP contribution is -2.29. The van der Waals surface area contributed by atoms with Gasteiger partial charge in [0.25, 0.3) is 0 Å². The highest BCUT2D eigenvalue weighted by Crippen LogP contribution is 2.25. The van der Waals surface area contributed by atoms with E-state index in [4.69, 9.17) is 0 Å². The molecule has 0 saturated carbocycles. The summed E-state index contributed by atoms with van der Waals surface area (Å²) >= 11 is 1.52. The Bertz CT molecular complexity index is 856. The summed E-state index contributed by atoms with van der Waals surface area (Å²) in [5, 5.41) is 8.58. The SMILES string of the molecule is CC(=O)NC(CC(=O)Nc1cccc2ncccc12)c1cccs1. The monoisotopic (exact) mass is 339 g/mol. The number of pyridine rings is 1. The van der Waals surface area contributed by atoms with E-state index in [2.05, 4.69) is 15.6 Å². The lowest BCUT2D eigenvalue weighted by atomic mass is 10.1. The molecule has 24 heavy (non-hydrogen) atoms. The number of amides is 2. The first-order valence-corrected chi connectivity index (χ1v) is 8.45. The molecule has 2 N–H and O–H groups in total. The van der Waals surface area contributed by atoms with E-state index in [0.717, 1.165) is 21.5 Å². The van der Waals surface area contributed by atoms with Crippen molar-refractivity contribution >= 4 is 39.7 Å². The van der Waals surface area contributed by atoms with Crippen molar-refractivity contribution in [3.05, 3.63) is 58.9 Å². The molecule has 1 unspecified atom stereocenters. The van der Waals surface area contributed by atoms with Crippen LogP contribution < -0.4 is 10.6 Å². The van der Waals surface area contributed by atoms with Gasteiger partial charge in [0, 0.05) is 23.4 Å². The number of thiophene rings is 1. The number of nitrogens with zero attached hydrogens (tertiary/aromatic N) is 1. The Morgan fingerprint density at radius 2 is 2.04 bits per heavy atom. The molecule has 0 aliphatic rings. The van der Waals surface area contributed by atoms with E-state index in [1.165, 1.54) is 18.3 Å². The van der Waals surface area contributed by atoms with Gasteiger partial charge in [-0.15, -0.1) is 11.3 Å². The molecule has 2 aromatic heterocycles. The third-order valence-corrected chi connectivity index (χ3v) is 4.56. The molecule has 0 fully saturated rings. The first kappa shape index (κ1) is 16.1. The zero-order valence-electron chi connectivity index (χ0n) is 13.2. The Balaban J connectivity index is 1.77. The number of anilines is 1. The summed E-state index contributed by atoms with van der Waals surface area (Å²) in [7, 11) is 0. The number of rotatable bonds is 5. The molecule has 0 saturated heterocycles. The summed E-state index contributed by atoms with van der Waals surface area (Å²) < 4.78 is 0. The smallest absolute Gasteiger partial charge is 0.226 e. The number of aromatic nitrogens is 1. The van der Waals surface area contributed by atoms with Crippen LogP contribution in [0.1, 0.15) is 24.3 Å². The summed E-state index contributed by atoms with van der Waals surface area (Å²) in [6.07, 6.45) is 1.90. The number of carbonyl (C=O) groups excluding carboxylic acids is 2. The normalized spacial score (nSPS) is 11.9. The highest BCUT2D eigenvalue weighted by atomic mass is 32.1. The minimum absolute atomic E-state index is 0.154. The van der Waals surface area contributed by atoms with Crippen molar-refractivity contribution in [3.63, 3.8) is 0 Å². The van der Waals surface area contributed by atoms with Crippen LogP contribution in [0.5, 0.6) is 0 Å². The van der Waals surface area contributed by atoms with Crippen molar-refractivity contribution in [2.45, 2.75) is 19.4 Å². The first-order valence-electron chi connectivity index (χ1n) is 7.57. The Morgan fingerprint density at radius 3 is 2.79 bits per heavy atom. The number of hydrogen-bond acceptors (Lipinski definition) is 4. The van der Waals surface area contributed by atoms with Crippen molar-refractivity contribution in [1.82, 2.24) is 10.3 Å². The second kappa shape index (κ2) is 7.23. The molecule has 0 radical (unpaired) electrons. The number of hydrogen-bond donors (Lipinski definition) is 2. The Morgan fingerprint density at radius 1 is 1.17 bits per heavy atom. The molecule has 5 nitrogen and oxygen atoms in total. The number of carbonyl (C=O) groups is 2. The lowest BCUT2D eigenvalue weighted by Gasteiger charge is -2.16. The molecule has 1 atom stereocenters. The highest BCUT2D eigenvalue weighted by Gasteiger charge is 2.18. The Hall–Kier alpha value is -2.73. The Kier molecular flexibility index (Phi) is 4.86. The van der Waals surface area contributed by atoms with E-state index in [1.54, 1.807) is 6.20 Å². The zero-order chi connectivity index (χ0) is 16.9. The quantitative estimate of drug-likeness (QED) is 0.747. The molecule has 3 rings (SSSR count). The van der Waals surface area contributed by atoms with Crippen LogP contribution in [0, 0.1) is 0 Å². The number of nitrogens with one attached hydrogen (secondary N) is 2. The van der Waals surface area contributed by atoms with Crippen LogP contribution in [-0.2, 0) is 9.59 Å². The molecule has 122 valence electrons. The zero-order valence-corrected chi connectivity index (χ0v) is 14.0. The second-order valence-electron chi connectivity index (χ2n) is 5.40.